The minimum absolute atomic E-state index is 0.0805. The van der Waals surface area contributed by atoms with Crippen LogP contribution in [0.3, 0.4) is 0 Å². The van der Waals surface area contributed by atoms with Crippen molar-refractivity contribution in [1.82, 2.24) is 0 Å². The van der Waals surface area contributed by atoms with Gasteiger partial charge in [0.05, 0.1) is 16.7 Å². The zero-order valence-corrected chi connectivity index (χ0v) is 10.2. The van der Waals surface area contributed by atoms with E-state index >= 15 is 0 Å². The van der Waals surface area contributed by atoms with Gasteiger partial charge < -0.3 is 10.1 Å². The predicted molar refractivity (Wildman–Crippen MR) is 61.7 cm³/mol. The van der Waals surface area contributed by atoms with Gasteiger partial charge in [-0.15, -0.1) is 0 Å². The van der Waals surface area contributed by atoms with Crippen LogP contribution in [0.5, 0.6) is 0 Å². The number of ether oxygens (including phenoxy) is 1. The second kappa shape index (κ2) is 5.84. The van der Waals surface area contributed by atoms with Gasteiger partial charge in [0.1, 0.15) is 0 Å². The number of nitrogens with one attached hydrogen (secondary N) is 1. The van der Waals surface area contributed by atoms with Crippen molar-refractivity contribution in [2.24, 2.45) is 0 Å². The molecule has 92 valence electrons. The molecule has 0 aliphatic rings. The number of hydrogen-bond donors (Lipinski definition) is 1. The first-order chi connectivity index (χ1) is 7.95. The van der Waals surface area contributed by atoms with Crippen molar-refractivity contribution in [3.8, 4) is 0 Å². The Morgan fingerprint density at radius 2 is 1.88 bits per heavy atom. The molecule has 0 spiro atoms. The second-order valence-corrected chi connectivity index (χ2v) is 3.74. The molecule has 0 saturated carbocycles. The number of esters is 1. The molecule has 1 aromatic rings. The van der Waals surface area contributed by atoms with Gasteiger partial charge in [-0.1, -0.05) is 23.2 Å². The van der Waals surface area contributed by atoms with Crippen molar-refractivity contribution in [1.29, 1.82) is 0 Å². The van der Waals surface area contributed by atoms with Gasteiger partial charge in [-0.25, -0.2) is 9.18 Å². The Balaban J connectivity index is 2.82. The van der Waals surface area contributed by atoms with E-state index in [0.29, 0.717) is 0 Å². The maximum Gasteiger partial charge on any atom is 0.397 e. The molecule has 4 nitrogen and oxygen atoms in total. The summed E-state index contributed by atoms with van der Waals surface area (Å²) < 4.78 is 17.5. The summed E-state index contributed by atoms with van der Waals surface area (Å²) in [6, 6.07) is 2.28. The third kappa shape index (κ3) is 3.57. The highest BCUT2D eigenvalue weighted by Crippen LogP contribution is 2.27. The van der Waals surface area contributed by atoms with E-state index in [1.165, 1.54) is 0 Å². The fourth-order valence-corrected chi connectivity index (χ4v) is 1.49. The Morgan fingerprint density at radius 1 is 1.35 bits per heavy atom. The molecule has 1 amide bonds. The summed E-state index contributed by atoms with van der Waals surface area (Å²) in [5.74, 6) is -2.81. The normalized spacial score (nSPS) is 9.88. The fraction of sp³-hybridized carbons (Fsp3) is 0.200. The van der Waals surface area contributed by atoms with Gasteiger partial charge in [-0.2, -0.15) is 0 Å². The molecular formula is C10H8Cl2FNO3. The van der Waals surface area contributed by atoms with Crippen molar-refractivity contribution < 1.29 is 18.7 Å². The molecule has 1 aromatic carbocycles. The lowest BCUT2D eigenvalue weighted by atomic mass is 10.3. The van der Waals surface area contributed by atoms with Gasteiger partial charge in [0.2, 0.25) is 0 Å². The van der Waals surface area contributed by atoms with Gasteiger partial charge in [-0.3, -0.25) is 4.79 Å². The average Bonchev–Trinajstić information content (AvgIpc) is 2.26. The predicted octanol–water partition coefficient (Wildman–Crippen LogP) is 2.63. The Kier molecular flexibility index (Phi) is 4.72. The summed E-state index contributed by atoms with van der Waals surface area (Å²) in [7, 11) is 0. The standard InChI is InChI=1S/C10H8Cl2FNO3/c1-2-17-10(16)9(15)14-5-3-6(11)8(13)7(12)4-5/h3-4H,2H2,1H3,(H,14,15). The molecule has 0 aliphatic carbocycles. The van der Waals surface area contributed by atoms with Crippen LogP contribution in [-0.4, -0.2) is 18.5 Å². The number of carbonyl (C=O) groups excluding carboxylic acids is 2. The fourth-order valence-electron chi connectivity index (χ4n) is 1.01. The van der Waals surface area contributed by atoms with Crippen LogP contribution in [0.15, 0.2) is 12.1 Å². The maximum absolute atomic E-state index is 13.1. The van der Waals surface area contributed by atoms with Crippen LogP contribution in [0, 0.1) is 5.82 Å². The number of anilines is 1. The summed E-state index contributed by atoms with van der Waals surface area (Å²) in [6.45, 7) is 1.65. The van der Waals surface area contributed by atoms with E-state index in [1.807, 2.05) is 0 Å². The SMILES string of the molecule is CCOC(=O)C(=O)Nc1cc(Cl)c(F)c(Cl)c1. The molecule has 0 aromatic heterocycles. The molecule has 0 fully saturated rings. The topological polar surface area (TPSA) is 55.4 Å². The van der Waals surface area contributed by atoms with E-state index in [-0.39, 0.29) is 22.3 Å². The van der Waals surface area contributed by atoms with Crippen LogP contribution in [0.4, 0.5) is 10.1 Å². The van der Waals surface area contributed by atoms with Crippen LogP contribution in [-0.2, 0) is 14.3 Å². The van der Waals surface area contributed by atoms with Gasteiger partial charge >= 0.3 is 11.9 Å². The van der Waals surface area contributed by atoms with Crippen molar-refractivity contribution in [2.45, 2.75) is 6.92 Å². The molecular weight excluding hydrogens is 272 g/mol. The minimum Gasteiger partial charge on any atom is -0.459 e. The molecule has 17 heavy (non-hydrogen) atoms. The average molecular weight is 280 g/mol. The maximum atomic E-state index is 13.1. The monoisotopic (exact) mass is 279 g/mol. The first kappa shape index (κ1) is 13.7. The lowest BCUT2D eigenvalue weighted by molar-refractivity contribution is -0.152. The lowest BCUT2D eigenvalue weighted by Crippen LogP contribution is -2.25. The Hall–Kier alpha value is -1.33. The number of carbonyl (C=O) groups is 2. The smallest absolute Gasteiger partial charge is 0.397 e. The first-order valence-corrected chi connectivity index (χ1v) is 5.34. The molecule has 1 N–H and O–H groups in total. The molecule has 7 heteroatoms. The van der Waals surface area contributed by atoms with E-state index < -0.39 is 17.7 Å². The summed E-state index contributed by atoms with van der Waals surface area (Å²) in [6.07, 6.45) is 0. The van der Waals surface area contributed by atoms with Crippen LogP contribution in [0.2, 0.25) is 10.0 Å². The van der Waals surface area contributed by atoms with Crippen LogP contribution >= 0.6 is 23.2 Å². The van der Waals surface area contributed by atoms with Gasteiger partial charge in [0, 0.05) is 5.69 Å². The van der Waals surface area contributed by atoms with E-state index in [4.69, 9.17) is 23.2 Å². The highest BCUT2D eigenvalue weighted by atomic mass is 35.5. The van der Waals surface area contributed by atoms with E-state index in [0.717, 1.165) is 12.1 Å². The van der Waals surface area contributed by atoms with E-state index in [2.05, 4.69) is 10.1 Å². The summed E-state index contributed by atoms with van der Waals surface area (Å²) in [4.78, 5) is 22.3. The third-order valence-electron chi connectivity index (χ3n) is 1.70. The molecule has 0 radical (unpaired) electrons. The summed E-state index contributed by atoms with van der Waals surface area (Å²) >= 11 is 11.0. The van der Waals surface area contributed by atoms with E-state index in [1.54, 1.807) is 6.92 Å². The highest BCUT2D eigenvalue weighted by molar-refractivity contribution is 6.38. The van der Waals surface area contributed by atoms with Gasteiger partial charge in [-0.05, 0) is 19.1 Å². The zero-order chi connectivity index (χ0) is 13.0. The minimum atomic E-state index is -1.04. The first-order valence-electron chi connectivity index (χ1n) is 4.58. The Morgan fingerprint density at radius 3 is 2.35 bits per heavy atom. The third-order valence-corrected chi connectivity index (χ3v) is 2.25. The molecule has 0 heterocycles. The largest absolute Gasteiger partial charge is 0.459 e. The van der Waals surface area contributed by atoms with Crippen LogP contribution in [0.25, 0.3) is 0 Å². The Labute approximate surface area is 107 Å². The molecule has 0 atom stereocenters. The summed E-state index contributed by atoms with van der Waals surface area (Å²) in [5, 5.41) is 1.68. The number of halogens is 3. The molecule has 0 unspecified atom stereocenters. The van der Waals surface area contributed by atoms with Crippen molar-refractivity contribution >= 4 is 40.8 Å². The van der Waals surface area contributed by atoms with Gasteiger partial charge in [0.25, 0.3) is 0 Å². The Bertz CT molecular complexity index is 442. The van der Waals surface area contributed by atoms with Crippen LogP contribution < -0.4 is 5.32 Å². The van der Waals surface area contributed by atoms with Crippen molar-refractivity contribution in [2.75, 3.05) is 11.9 Å². The quantitative estimate of drug-likeness (QED) is 0.514. The van der Waals surface area contributed by atoms with Crippen molar-refractivity contribution in [3.63, 3.8) is 0 Å². The molecule has 0 saturated heterocycles. The highest BCUT2D eigenvalue weighted by Gasteiger charge is 2.16. The summed E-state index contributed by atoms with van der Waals surface area (Å²) in [5.41, 5.74) is 0.111. The van der Waals surface area contributed by atoms with Crippen molar-refractivity contribution in [3.05, 3.63) is 28.0 Å². The lowest BCUT2D eigenvalue weighted by Gasteiger charge is -2.06. The molecule has 0 aliphatic heterocycles. The van der Waals surface area contributed by atoms with Crippen LogP contribution in [0.1, 0.15) is 6.92 Å². The number of benzene rings is 1. The number of rotatable bonds is 2. The zero-order valence-electron chi connectivity index (χ0n) is 8.72. The number of amides is 1. The van der Waals surface area contributed by atoms with Gasteiger partial charge in [0.15, 0.2) is 5.82 Å². The molecule has 0 bridgehead atoms. The second-order valence-electron chi connectivity index (χ2n) is 2.93. The van der Waals surface area contributed by atoms with E-state index in [9.17, 15) is 14.0 Å². The number of hydrogen-bond acceptors (Lipinski definition) is 3. The molecule has 1 rings (SSSR count).